The lowest BCUT2D eigenvalue weighted by Crippen LogP contribution is -2.10. The van der Waals surface area contributed by atoms with Gasteiger partial charge in [0.1, 0.15) is 5.78 Å². The van der Waals surface area contributed by atoms with Crippen LogP contribution in [0.4, 0.5) is 13.2 Å². The van der Waals surface area contributed by atoms with E-state index in [0.29, 0.717) is 30.2 Å². The first kappa shape index (κ1) is 38.9. The number of halogens is 4. The molecule has 1 aliphatic rings. The van der Waals surface area contributed by atoms with E-state index in [1.807, 2.05) is 65.0 Å². The number of nitrogens with zero attached hydrogens (tertiary/aromatic N) is 1. The van der Waals surface area contributed by atoms with Gasteiger partial charge in [-0.2, -0.15) is 13.2 Å². The molecule has 1 aromatic rings. The van der Waals surface area contributed by atoms with Crippen LogP contribution >= 0.6 is 11.6 Å². The van der Waals surface area contributed by atoms with Crippen LogP contribution in [0.15, 0.2) is 64.3 Å². The summed E-state index contributed by atoms with van der Waals surface area (Å²) in [4.78, 5) is 15.9. The highest BCUT2D eigenvalue weighted by molar-refractivity contribution is 6.30. The van der Waals surface area contributed by atoms with Gasteiger partial charge in [0.15, 0.2) is 0 Å². The molecule has 0 heterocycles. The van der Waals surface area contributed by atoms with Crippen molar-refractivity contribution in [3.05, 3.63) is 69.9 Å². The molecule has 0 aliphatic heterocycles. The van der Waals surface area contributed by atoms with Gasteiger partial charge in [0.2, 0.25) is 0 Å². The number of carbonyl (C=O) groups excluding carboxylic acids is 1. The van der Waals surface area contributed by atoms with E-state index in [1.54, 1.807) is 0 Å². The van der Waals surface area contributed by atoms with E-state index in [1.165, 1.54) is 31.7 Å². The van der Waals surface area contributed by atoms with Gasteiger partial charge < -0.3 is 0 Å². The number of hydrogen-bond donors (Lipinski definition) is 0. The van der Waals surface area contributed by atoms with E-state index in [0.717, 1.165) is 66.5 Å². The maximum absolute atomic E-state index is 12.9. The van der Waals surface area contributed by atoms with Crippen molar-refractivity contribution in [2.45, 2.75) is 132 Å². The Morgan fingerprint density at radius 3 is 2.02 bits per heavy atom. The lowest BCUT2D eigenvalue weighted by molar-refractivity contribution is -0.119. The number of ketones is 1. The van der Waals surface area contributed by atoms with E-state index in [4.69, 9.17) is 11.6 Å². The van der Waals surface area contributed by atoms with Crippen LogP contribution in [-0.2, 0) is 4.79 Å². The largest absolute Gasteiger partial charge is 0.416 e. The van der Waals surface area contributed by atoms with Crippen molar-refractivity contribution in [2.75, 3.05) is 0 Å². The molecule has 1 aromatic carbocycles. The summed E-state index contributed by atoms with van der Waals surface area (Å²) in [6.07, 6.45) is 10.0. The summed E-state index contributed by atoms with van der Waals surface area (Å²) in [7, 11) is 0. The van der Waals surface area contributed by atoms with E-state index < -0.39 is 11.7 Å². The van der Waals surface area contributed by atoms with Gasteiger partial charge in [0.25, 0.3) is 0 Å². The second kappa shape index (κ2) is 21.5. The lowest BCUT2D eigenvalue weighted by atomic mass is 9.88. The number of allylic oxidation sites excluding steroid dienone is 5. The van der Waals surface area contributed by atoms with E-state index in [2.05, 4.69) is 18.8 Å². The third kappa shape index (κ3) is 18.1. The molecule has 1 fully saturated rings. The van der Waals surface area contributed by atoms with Crippen molar-refractivity contribution >= 4 is 23.1 Å². The summed E-state index contributed by atoms with van der Waals surface area (Å²) >= 11 is 5.80. The molecule has 232 valence electrons. The third-order valence-electron chi connectivity index (χ3n) is 6.89. The zero-order chi connectivity index (χ0) is 31.4. The number of carbonyl (C=O) groups is 1. The Balaban J connectivity index is 0.000000686. The molecule has 0 radical (unpaired) electrons. The second-order valence-electron chi connectivity index (χ2n) is 11.0. The molecule has 0 aromatic heterocycles. The molecular formula is C35H53ClF3NO. The fraction of sp³-hybridized carbons (Fsp3) is 0.600. The molecule has 0 N–H and O–H groups in total. The Kier molecular flexibility index (Phi) is 20.4. The minimum Gasteiger partial charge on any atom is -0.300 e. The van der Waals surface area contributed by atoms with Crippen molar-refractivity contribution < 1.29 is 18.0 Å². The number of unbranched alkanes of at least 4 members (excludes halogenated alkanes) is 1. The van der Waals surface area contributed by atoms with Crippen molar-refractivity contribution in [2.24, 2.45) is 10.9 Å². The maximum Gasteiger partial charge on any atom is 0.416 e. The first-order valence-electron chi connectivity index (χ1n) is 15.2. The normalized spacial score (nSPS) is 15.7. The molecule has 2 nitrogen and oxygen atoms in total. The Morgan fingerprint density at radius 2 is 1.61 bits per heavy atom. The molecule has 2 rings (SSSR count). The van der Waals surface area contributed by atoms with Gasteiger partial charge in [-0.1, -0.05) is 103 Å². The van der Waals surface area contributed by atoms with Crippen LogP contribution in [0.25, 0.3) is 0 Å². The smallest absolute Gasteiger partial charge is 0.300 e. The average Bonchev–Trinajstić information content (AvgIpc) is 2.89. The van der Waals surface area contributed by atoms with Crippen LogP contribution in [0.5, 0.6) is 0 Å². The minimum absolute atomic E-state index is 0.293. The quantitative estimate of drug-likeness (QED) is 0.174. The summed E-state index contributed by atoms with van der Waals surface area (Å²) in [5, 5.41) is 0.742. The van der Waals surface area contributed by atoms with Gasteiger partial charge in [-0.3, -0.25) is 9.79 Å². The molecule has 0 saturated heterocycles. The summed E-state index contributed by atoms with van der Waals surface area (Å²) in [5.41, 5.74) is 2.57. The van der Waals surface area contributed by atoms with E-state index in [-0.39, 0.29) is 0 Å². The zero-order valence-electron chi connectivity index (χ0n) is 26.6. The highest BCUT2D eigenvalue weighted by Crippen LogP contribution is 2.29. The number of benzene rings is 1. The fourth-order valence-electron chi connectivity index (χ4n) is 4.04. The number of alkyl halides is 3. The molecule has 6 heteroatoms. The number of aliphatic imine (C=N–C) groups is 1. The molecule has 1 atom stereocenters. The van der Waals surface area contributed by atoms with E-state index in [9.17, 15) is 18.0 Å². The fourth-order valence-corrected chi connectivity index (χ4v) is 4.17. The van der Waals surface area contributed by atoms with Crippen LogP contribution in [-0.4, -0.2) is 17.7 Å². The number of rotatable bonds is 12. The third-order valence-corrected chi connectivity index (χ3v) is 7.14. The summed E-state index contributed by atoms with van der Waals surface area (Å²) in [6.45, 7) is 15.5. The van der Waals surface area contributed by atoms with Gasteiger partial charge in [-0.15, -0.1) is 0 Å². The number of hydrogen-bond acceptors (Lipinski definition) is 2. The summed E-state index contributed by atoms with van der Waals surface area (Å²) in [6, 6.07) is 7.73. The first-order valence-corrected chi connectivity index (χ1v) is 15.6. The predicted octanol–water partition coefficient (Wildman–Crippen LogP) is 12.4. The Bertz CT molecular complexity index is 999. The minimum atomic E-state index is -4.35. The van der Waals surface area contributed by atoms with Crippen LogP contribution < -0.4 is 0 Å². The first-order chi connectivity index (χ1) is 19.3. The lowest BCUT2D eigenvalue weighted by Gasteiger charge is -2.18. The van der Waals surface area contributed by atoms with Crippen molar-refractivity contribution in [1.82, 2.24) is 0 Å². The Labute approximate surface area is 253 Å². The highest BCUT2D eigenvalue weighted by Gasteiger charge is 2.31. The molecule has 1 saturated carbocycles. The maximum atomic E-state index is 12.9. The predicted molar refractivity (Wildman–Crippen MR) is 172 cm³/mol. The van der Waals surface area contributed by atoms with Crippen molar-refractivity contribution in [3.8, 4) is 0 Å². The standard InChI is InChI=1S/C17H26F3N.C13H17ClO.C5H10/c1-6-9-11-13(4)16(21-14(5)10-7-2)12-15(8-3)17(18,19)20;1-3-4-13(15)9-10(2)11-5-7-12(14)8-6-11;1-5-3-2-4-5/h8,11-12H,6-7,9-10H2,1-5H3;5-8,10H,3-4,9H2,1-2H3;5H,2-4H2,1H3/b13-11+,15-8+,16-12+,21-14?;;. The zero-order valence-corrected chi connectivity index (χ0v) is 27.4. The molecule has 41 heavy (non-hydrogen) atoms. The molecule has 1 aliphatic carbocycles. The van der Waals surface area contributed by atoms with Crippen molar-refractivity contribution in [3.63, 3.8) is 0 Å². The number of Topliss-reactive ketones (excluding diaryl/α,β-unsaturated/α-hetero) is 1. The SMILES string of the molecule is CC1CCC1.CCCC(=O)CC(C)c1ccc(Cl)cc1.C\C=C(/C=C(N=C(C)CCC)\C(C)=C\CCC)C(F)(F)F. The van der Waals surface area contributed by atoms with Crippen LogP contribution in [0.3, 0.4) is 0 Å². The van der Waals surface area contributed by atoms with Gasteiger partial charge in [-0.05, 0) is 81.2 Å². The topological polar surface area (TPSA) is 29.4 Å². The Morgan fingerprint density at radius 1 is 1.05 bits per heavy atom. The van der Waals surface area contributed by atoms with Gasteiger partial charge in [0, 0.05) is 23.6 Å². The molecule has 0 bridgehead atoms. The summed E-state index contributed by atoms with van der Waals surface area (Å²) in [5.74, 6) is 1.70. The monoisotopic (exact) mass is 595 g/mol. The van der Waals surface area contributed by atoms with Crippen LogP contribution in [0.1, 0.15) is 131 Å². The summed E-state index contributed by atoms with van der Waals surface area (Å²) < 4.78 is 38.7. The second-order valence-corrected chi connectivity index (χ2v) is 11.5. The van der Waals surface area contributed by atoms with Crippen LogP contribution in [0, 0.1) is 5.92 Å². The van der Waals surface area contributed by atoms with Crippen LogP contribution in [0.2, 0.25) is 5.02 Å². The average molecular weight is 596 g/mol. The van der Waals surface area contributed by atoms with Gasteiger partial charge in [0.05, 0.1) is 11.3 Å². The molecule has 0 amide bonds. The Hall–Kier alpha value is -2.14. The van der Waals surface area contributed by atoms with Gasteiger partial charge in [-0.25, -0.2) is 0 Å². The molecule has 0 spiro atoms. The van der Waals surface area contributed by atoms with Gasteiger partial charge >= 0.3 is 6.18 Å². The van der Waals surface area contributed by atoms with Crippen molar-refractivity contribution in [1.29, 1.82) is 0 Å². The van der Waals surface area contributed by atoms with E-state index >= 15 is 0 Å². The highest BCUT2D eigenvalue weighted by atomic mass is 35.5. The molecular weight excluding hydrogens is 543 g/mol. The molecule has 1 unspecified atom stereocenters.